The van der Waals surface area contributed by atoms with Crippen molar-refractivity contribution in [3.8, 4) is 0 Å². The minimum Gasteiger partial charge on any atom is -0.314 e. The highest BCUT2D eigenvalue weighted by atomic mass is 16.5. The normalized spacial score (nSPS) is 14.9. The Kier molecular flexibility index (Phi) is 4.06. The molecule has 1 aromatic rings. The van der Waals surface area contributed by atoms with Crippen LogP contribution in [0.25, 0.3) is 0 Å². The topological polar surface area (TPSA) is 23.5 Å². The van der Waals surface area contributed by atoms with Crippen molar-refractivity contribution in [1.29, 1.82) is 0 Å². The highest BCUT2D eigenvalue weighted by Crippen LogP contribution is 2.28. The van der Waals surface area contributed by atoms with Crippen molar-refractivity contribution in [2.24, 2.45) is 0 Å². The molecule has 0 saturated carbocycles. The van der Waals surface area contributed by atoms with Gasteiger partial charge < -0.3 is 5.21 Å². The van der Waals surface area contributed by atoms with Crippen molar-refractivity contribution >= 4 is 0 Å². The van der Waals surface area contributed by atoms with E-state index in [9.17, 15) is 5.21 Å². The van der Waals surface area contributed by atoms with Crippen LogP contribution in [0.2, 0.25) is 0 Å². The molecule has 0 saturated heterocycles. The Morgan fingerprint density at radius 1 is 1.40 bits per heavy atom. The second-order valence-electron chi connectivity index (χ2n) is 4.24. The summed E-state index contributed by atoms with van der Waals surface area (Å²) in [4.78, 5) is 0. The first-order chi connectivity index (χ1) is 7.08. The van der Waals surface area contributed by atoms with Crippen LogP contribution in [-0.2, 0) is 5.41 Å². The van der Waals surface area contributed by atoms with E-state index in [-0.39, 0.29) is 5.41 Å². The van der Waals surface area contributed by atoms with Crippen molar-refractivity contribution in [3.05, 3.63) is 48.6 Å². The van der Waals surface area contributed by atoms with Crippen LogP contribution in [0.3, 0.4) is 0 Å². The van der Waals surface area contributed by atoms with E-state index in [0.29, 0.717) is 6.54 Å². The quantitative estimate of drug-likeness (QED) is 0.590. The van der Waals surface area contributed by atoms with Crippen molar-refractivity contribution in [2.75, 3.05) is 13.6 Å². The van der Waals surface area contributed by atoms with Crippen LogP contribution >= 0.6 is 0 Å². The summed E-state index contributed by atoms with van der Waals surface area (Å²) in [6, 6.07) is 10.2. The van der Waals surface area contributed by atoms with E-state index in [0.717, 1.165) is 6.42 Å². The van der Waals surface area contributed by atoms with E-state index in [1.807, 2.05) is 24.3 Å². The molecule has 1 atom stereocenters. The maximum Gasteiger partial charge on any atom is 0.0332 e. The maximum atomic E-state index is 9.37. The lowest BCUT2D eigenvalue weighted by atomic mass is 9.79. The number of rotatable bonds is 5. The Morgan fingerprint density at radius 2 is 2.00 bits per heavy atom. The summed E-state index contributed by atoms with van der Waals surface area (Å²) in [5.41, 5.74) is 1.15. The van der Waals surface area contributed by atoms with E-state index < -0.39 is 0 Å². The first-order valence-corrected chi connectivity index (χ1v) is 5.15. The summed E-state index contributed by atoms with van der Waals surface area (Å²) in [7, 11) is 1.67. The molecule has 1 N–H and O–H groups in total. The Labute approximate surface area is 91.8 Å². The molecule has 0 spiro atoms. The number of hydrogen-bond donors (Lipinski definition) is 1. The molecule has 0 aliphatic rings. The fourth-order valence-electron chi connectivity index (χ4n) is 1.94. The predicted molar refractivity (Wildman–Crippen MR) is 63.0 cm³/mol. The lowest BCUT2D eigenvalue weighted by Crippen LogP contribution is -2.34. The molecule has 2 nitrogen and oxygen atoms in total. The molecule has 1 rings (SSSR count). The molecule has 0 radical (unpaired) electrons. The molecule has 0 aromatic heterocycles. The zero-order valence-corrected chi connectivity index (χ0v) is 9.48. The van der Waals surface area contributed by atoms with Crippen molar-refractivity contribution in [3.63, 3.8) is 0 Å². The Bertz CT molecular complexity index is 308. The number of likely N-dealkylation sites (N-methyl/N-ethyl adjacent to an activating group) is 1. The third-order valence-electron chi connectivity index (χ3n) is 2.64. The SMILES string of the molecule is C=CCC(C)(CN(C)O)c1ccccc1. The summed E-state index contributed by atoms with van der Waals surface area (Å²) in [6.07, 6.45) is 2.75. The molecule has 0 heterocycles. The molecular weight excluding hydrogens is 186 g/mol. The molecule has 0 amide bonds. The van der Waals surface area contributed by atoms with Crippen molar-refractivity contribution in [1.82, 2.24) is 5.06 Å². The first-order valence-electron chi connectivity index (χ1n) is 5.15. The summed E-state index contributed by atoms with van der Waals surface area (Å²) < 4.78 is 0. The van der Waals surface area contributed by atoms with Crippen LogP contribution in [-0.4, -0.2) is 23.9 Å². The smallest absolute Gasteiger partial charge is 0.0332 e. The molecular formula is C13H19NO. The first kappa shape index (κ1) is 12.0. The number of hydroxylamine groups is 2. The highest BCUT2D eigenvalue weighted by molar-refractivity contribution is 5.25. The third kappa shape index (κ3) is 3.18. The highest BCUT2D eigenvalue weighted by Gasteiger charge is 2.26. The third-order valence-corrected chi connectivity index (χ3v) is 2.64. The molecule has 0 aliphatic carbocycles. The van der Waals surface area contributed by atoms with E-state index in [1.165, 1.54) is 10.6 Å². The summed E-state index contributed by atoms with van der Waals surface area (Å²) in [6.45, 7) is 6.51. The Balaban J connectivity index is 2.95. The van der Waals surface area contributed by atoms with E-state index in [1.54, 1.807) is 7.05 Å². The molecule has 0 aliphatic heterocycles. The van der Waals surface area contributed by atoms with Crippen LogP contribution in [0.4, 0.5) is 0 Å². The van der Waals surface area contributed by atoms with Gasteiger partial charge in [-0.1, -0.05) is 43.3 Å². The number of hydrogen-bond acceptors (Lipinski definition) is 2. The van der Waals surface area contributed by atoms with Gasteiger partial charge in [0.15, 0.2) is 0 Å². The van der Waals surface area contributed by atoms with Crippen LogP contribution in [0.5, 0.6) is 0 Å². The maximum absolute atomic E-state index is 9.37. The van der Waals surface area contributed by atoms with Gasteiger partial charge in [0, 0.05) is 19.0 Å². The van der Waals surface area contributed by atoms with Gasteiger partial charge in [0.25, 0.3) is 0 Å². The average Bonchev–Trinajstić information content (AvgIpc) is 2.18. The Morgan fingerprint density at radius 3 is 2.47 bits per heavy atom. The molecule has 1 unspecified atom stereocenters. The van der Waals surface area contributed by atoms with Crippen LogP contribution in [0.1, 0.15) is 18.9 Å². The largest absolute Gasteiger partial charge is 0.314 e. The van der Waals surface area contributed by atoms with Crippen molar-refractivity contribution in [2.45, 2.75) is 18.8 Å². The summed E-state index contributed by atoms with van der Waals surface area (Å²) in [5, 5.41) is 10.6. The van der Waals surface area contributed by atoms with E-state index >= 15 is 0 Å². The van der Waals surface area contributed by atoms with Gasteiger partial charge in [0.1, 0.15) is 0 Å². The van der Waals surface area contributed by atoms with Crippen molar-refractivity contribution < 1.29 is 5.21 Å². The average molecular weight is 205 g/mol. The molecule has 82 valence electrons. The standard InChI is InChI=1S/C13H19NO/c1-4-10-13(2,11-14(3)15)12-8-6-5-7-9-12/h4-9,15H,1,10-11H2,2-3H3. The molecule has 15 heavy (non-hydrogen) atoms. The second-order valence-corrected chi connectivity index (χ2v) is 4.24. The molecule has 0 bridgehead atoms. The second kappa shape index (κ2) is 5.10. The van der Waals surface area contributed by atoms with Gasteiger partial charge >= 0.3 is 0 Å². The lowest BCUT2D eigenvalue weighted by molar-refractivity contribution is -0.0792. The fraction of sp³-hybridized carbons (Fsp3) is 0.385. The van der Waals surface area contributed by atoms with Gasteiger partial charge in [-0.2, -0.15) is 5.06 Å². The van der Waals surface area contributed by atoms with Gasteiger partial charge in [-0.15, -0.1) is 6.58 Å². The number of nitrogens with zero attached hydrogens (tertiary/aromatic N) is 1. The Hall–Kier alpha value is -1.12. The predicted octanol–water partition coefficient (Wildman–Crippen LogP) is 2.84. The van der Waals surface area contributed by atoms with Gasteiger partial charge in [-0.25, -0.2) is 0 Å². The van der Waals surface area contributed by atoms with Gasteiger partial charge in [-0.05, 0) is 12.0 Å². The number of benzene rings is 1. The van der Waals surface area contributed by atoms with Crippen LogP contribution < -0.4 is 0 Å². The minimum absolute atomic E-state index is 0.0769. The zero-order chi connectivity index (χ0) is 11.3. The monoisotopic (exact) mass is 205 g/mol. The number of allylic oxidation sites excluding steroid dienone is 1. The molecule has 0 fully saturated rings. The molecule has 2 heteroatoms. The summed E-state index contributed by atoms with van der Waals surface area (Å²) >= 11 is 0. The van der Waals surface area contributed by atoms with Gasteiger partial charge in [0.2, 0.25) is 0 Å². The fourth-order valence-corrected chi connectivity index (χ4v) is 1.94. The van der Waals surface area contributed by atoms with Gasteiger partial charge in [-0.3, -0.25) is 0 Å². The van der Waals surface area contributed by atoms with E-state index in [4.69, 9.17) is 0 Å². The summed E-state index contributed by atoms with van der Waals surface area (Å²) in [5.74, 6) is 0. The lowest BCUT2D eigenvalue weighted by Gasteiger charge is -2.31. The van der Waals surface area contributed by atoms with Crippen LogP contribution in [0, 0.1) is 0 Å². The van der Waals surface area contributed by atoms with Gasteiger partial charge in [0.05, 0.1) is 0 Å². The zero-order valence-electron chi connectivity index (χ0n) is 9.48. The minimum atomic E-state index is -0.0769. The molecule has 1 aromatic carbocycles. The van der Waals surface area contributed by atoms with Crippen LogP contribution in [0.15, 0.2) is 43.0 Å². The van der Waals surface area contributed by atoms with E-state index in [2.05, 4.69) is 25.6 Å².